The number of aliphatic hydroxyl groups is 1. The highest BCUT2D eigenvalue weighted by molar-refractivity contribution is 7.10. The number of rotatable bonds is 13. The molecular weight excluding hydrogens is 595 g/mol. The van der Waals surface area contributed by atoms with E-state index in [2.05, 4.69) is 46.5 Å². The first-order chi connectivity index (χ1) is 20.4. The topological polar surface area (TPSA) is 189 Å². The molecular formula is C30H43FN4O8S. The van der Waals surface area contributed by atoms with E-state index in [1.165, 1.54) is 23.0 Å². The fraction of sp³-hybridized carbons (Fsp3) is 0.567. The third-order valence-corrected chi connectivity index (χ3v) is 8.64. The number of amides is 2. The van der Waals surface area contributed by atoms with Gasteiger partial charge in [0, 0.05) is 46.9 Å². The number of hydrogen-bond donors (Lipinski definition) is 6. The number of nitrogens with one attached hydrogen (secondary N) is 2. The molecule has 2 amide bonds. The summed E-state index contributed by atoms with van der Waals surface area (Å²) in [5, 5.41) is 39.7. The second-order valence-corrected chi connectivity index (χ2v) is 13.2. The SMILES string of the molecule is Cc1ccc(C(C)(C)N2CC[C@@](CCc3ccc(F)s3)(CNC(=O)NC(C)C)C2)cn1.O=C(O)CC(O)(CC(=O)O)C(=O)O. The molecule has 1 fully saturated rings. The van der Waals surface area contributed by atoms with Gasteiger partial charge in [-0.1, -0.05) is 6.07 Å². The maximum absolute atomic E-state index is 13.5. The fourth-order valence-electron chi connectivity index (χ4n) is 5.03. The summed E-state index contributed by atoms with van der Waals surface area (Å²) in [6.07, 6.45) is 2.41. The highest BCUT2D eigenvalue weighted by Gasteiger charge is 2.44. The fourth-order valence-corrected chi connectivity index (χ4v) is 5.76. The highest BCUT2D eigenvalue weighted by Crippen LogP contribution is 2.41. The minimum atomic E-state index is -2.74. The van der Waals surface area contributed by atoms with Crippen molar-refractivity contribution in [2.24, 2.45) is 5.41 Å². The Hall–Kier alpha value is -3.62. The first kappa shape index (κ1) is 36.6. The number of halogens is 1. The number of urea groups is 1. The Bertz CT molecular complexity index is 1280. The molecule has 14 heteroatoms. The van der Waals surface area contributed by atoms with Gasteiger partial charge in [-0.25, -0.2) is 9.59 Å². The van der Waals surface area contributed by atoms with Crippen LogP contribution in [0.3, 0.4) is 0 Å². The molecule has 2 aromatic rings. The third-order valence-electron chi connectivity index (χ3n) is 7.71. The normalized spacial score (nSPS) is 17.1. The van der Waals surface area contributed by atoms with E-state index in [-0.39, 0.29) is 28.2 Å². The number of nitrogens with zero attached hydrogens (tertiary/aromatic N) is 2. The molecule has 0 aromatic carbocycles. The van der Waals surface area contributed by atoms with Crippen molar-refractivity contribution < 1.29 is 44.0 Å². The van der Waals surface area contributed by atoms with Gasteiger partial charge in [-0.05, 0) is 84.2 Å². The smallest absolute Gasteiger partial charge is 0.336 e. The Balaban J connectivity index is 0.000000439. The second kappa shape index (κ2) is 15.4. The van der Waals surface area contributed by atoms with E-state index in [4.69, 9.17) is 20.4 Å². The van der Waals surface area contributed by atoms with E-state index in [1.54, 1.807) is 0 Å². The molecule has 1 saturated heterocycles. The zero-order valence-corrected chi connectivity index (χ0v) is 26.5. The molecule has 12 nitrogen and oxygen atoms in total. The summed E-state index contributed by atoms with van der Waals surface area (Å²) in [5.74, 6) is -5.02. The van der Waals surface area contributed by atoms with Gasteiger partial charge in [-0.15, -0.1) is 11.3 Å². The summed E-state index contributed by atoms with van der Waals surface area (Å²) in [6, 6.07) is 7.60. The van der Waals surface area contributed by atoms with Crippen molar-refractivity contribution in [1.29, 1.82) is 0 Å². The van der Waals surface area contributed by atoms with Crippen LogP contribution in [0.2, 0.25) is 0 Å². The van der Waals surface area contributed by atoms with E-state index in [0.29, 0.717) is 6.54 Å². The van der Waals surface area contributed by atoms with Crippen molar-refractivity contribution in [2.75, 3.05) is 19.6 Å². The van der Waals surface area contributed by atoms with Crippen LogP contribution in [0.1, 0.15) is 69.5 Å². The molecule has 3 rings (SSSR count). The van der Waals surface area contributed by atoms with Crippen molar-refractivity contribution in [3.05, 3.63) is 51.7 Å². The van der Waals surface area contributed by atoms with Crippen molar-refractivity contribution >= 4 is 35.3 Å². The largest absolute Gasteiger partial charge is 0.481 e. The molecule has 244 valence electrons. The van der Waals surface area contributed by atoms with Crippen molar-refractivity contribution in [3.63, 3.8) is 0 Å². The number of aryl methyl sites for hydroxylation is 2. The summed E-state index contributed by atoms with van der Waals surface area (Å²) < 4.78 is 13.5. The molecule has 44 heavy (non-hydrogen) atoms. The van der Waals surface area contributed by atoms with E-state index < -0.39 is 36.4 Å². The van der Waals surface area contributed by atoms with Crippen LogP contribution >= 0.6 is 11.3 Å². The predicted molar refractivity (Wildman–Crippen MR) is 162 cm³/mol. The summed E-state index contributed by atoms with van der Waals surface area (Å²) in [7, 11) is 0. The molecule has 2 aromatic heterocycles. The number of likely N-dealkylation sites (tertiary alicyclic amines) is 1. The number of aromatic nitrogens is 1. The Morgan fingerprint density at radius 1 is 1.09 bits per heavy atom. The molecule has 0 bridgehead atoms. The Morgan fingerprint density at radius 2 is 1.73 bits per heavy atom. The van der Waals surface area contributed by atoms with Crippen LogP contribution in [0.25, 0.3) is 0 Å². The zero-order valence-electron chi connectivity index (χ0n) is 25.7. The quantitative estimate of drug-likeness (QED) is 0.189. The van der Waals surface area contributed by atoms with E-state index in [0.717, 1.165) is 42.9 Å². The van der Waals surface area contributed by atoms with E-state index in [9.17, 15) is 23.6 Å². The number of carbonyl (C=O) groups excluding carboxylic acids is 1. The number of aliphatic carboxylic acids is 3. The van der Waals surface area contributed by atoms with Gasteiger partial charge in [0.05, 0.1) is 12.8 Å². The van der Waals surface area contributed by atoms with E-state index in [1.807, 2.05) is 33.0 Å². The lowest BCUT2D eigenvalue weighted by atomic mass is 9.81. The van der Waals surface area contributed by atoms with Crippen LogP contribution in [0, 0.1) is 17.5 Å². The summed E-state index contributed by atoms with van der Waals surface area (Å²) in [4.78, 5) is 50.8. The Morgan fingerprint density at radius 3 is 2.20 bits per heavy atom. The molecule has 1 aliphatic heterocycles. The lowest BCUT2D eigenvalue weighted by molar-refractivity contribution is -0.170. The van der Waals surface area contributed by atoms with Gasteiger partial charge in [0.1, 0.15) is 0 Å². The monoisotopic (exact) mass is 638 g/mol. The maximum atomic E-state index is 13.5. The highest BCUT2D eigenvalue weighted by atomic mass is 32.1. The number of thiophene rings is 1. The molecule has 1 aliphatic rings. The van der Waals surface area contributed by atoms with Gasteiger partial charge in [-0.3, -0.25) is 19.5 Å². The lowest BCUT2D eigenvalue weighted by Gasteiger charge is -2.38. The van der Waals surface area contributed by atoms with Crippen LogP contribution in [-0.2, 0) is 26.3 Å². The van der Waals surface area contributed by atoms with Crippen LogP contribution in [0.5, 0.6) is 0 Å². The molecule has 0 aliphatic carbocycles. The van der Waals surface area contributed by atoms with Crippen LogP contribution < -0.4 is 10.6 Å². The molecule has 0 unspecified atom stereocenters. The van der Waals surface area contributed by atoms with Gasteiger partial charge in [-0.2, -0.15) is 4.39 Å². The number of pyridine rings is 1. The Labute approximate surface area is 260 Å². The minimum absolute atomic E-state index is 0.0514. The molecule has 0 saturated carbocycles. The standard InChI is InChI=1S/C24H35FN4OS.C6H8O7/c1-17(2)28-22(30)27-15-24(11-10-20-8-9-21(25)31-20)12-13-29(16-24)23(4,5)19-7-6-18(3)26-14-19;7-3(8)1-6(13,5(11)12)2-4(9)10/h6-9,14,17H,10-13,15-16H2,1-5H3,(H2,27,28,30);13H,1-2H2,(H,7,8)(H,9,10)(H,11,12)/t24-;/m0./s1. The van der Waals surface area contributed by atoms with E-state index >= 15 is 0 Å². The van der Waals surface area contributed by atoms with Crippen LogP contribution in [-0.4, -0.2) is 85.5 Å². The average Bonchev–Trinajstić information content (AvgIpc) is 3.53. The number of carbonyl (C=O) groups is 4. The number of carboxylic acid groups (broad SMARTS) is 3. The molecule has 0 spiro atoms. The number of hydrogen-bond acceptors (Lipinski definition) is 8. The summed E-state index contributed by atoms with van der Waals surface area (Å²) in [5.41, 5.74) is -0.738. The zero-order chi connectivity index (χ0) is 33.3. The molecule has 6 N–H and O–H groups in total. The lowest BCUT2D eigenvalue weighted by Crippen LogP contribution is -2.47. The third kappa shape index (κ3) is 10.8. The van der Waals surface area contributed by atoms with Crippen LogP contribution in [0.15, 0.2) is 30.5 Å². The van der Waals surface area contributed by atoms with Gasteiger partial charge in [0.25, 0.3) is 0 Å². The van der Waals surface area contributed by atoms with Gasteiger partial charge in [0.2, 0.25) is 0 Å². The molecule has 0 radical (unpaired) electrons. The minimum Gasteiger partial charge on any atom is -0.481 e. The Kier molecular flexibility index (Phi) is 12.8. The molecule has 1 atom stereocenters. The second-order valence-electron chi connectivity index (χ2n) is 12.1. The van der Waals surface area contributed by atoms with Crippen molar-refractivity contribution in [1.82, 2.24) is 20.5 Å². The van der Waals surface area contributed by atoms with Crippen LogP contribution in [0.4, 0.5) is 9.18 Å². The molecule has 3 heterocycles. The average molecular weight is 639 g/mol. The maximum Gasteiger partial charge on any atom is 0.336 e. The first-order valence-electron chi connectivity index (χ1n) is 14.2. The van der Waals surface area contributed by atoms with Gasteiger partial charge < -0.3 is 31.1 Å². The van der Waals surface area contributed by atoms with Crippen molar-refractivity contribution in [3.8, 4) is 0 Å². The van der Waals surface area contributed by atoms with Crippen molar-refractivity contribution in [2.45, 2.75) is 83.9 Å². The number of carboxylic acids is 3. The first-order valence-corrected chi connectivity index (χ1v) is 15.1. The summed E-state index contributed by atoms with van der Waals surface area (Å²) >= 11 is 1.22. The van der Waals surface area contributed by atoms with Gasteiger partial charge in [0.15, 0.2) is 10.7 Å². The van der Waals surface area contributed by atoms with Gasteiger partial charge >= 0.3 is 23.9 Å². The predicted octanol–water partition coefficient (Wildman–Crippen LogP) is 3.61. The summed E-state index contributed by atoms with van der Waals surface area (Å²) in [6.45, 7) is 12.8.